The van der Waals surface area contributed by atoms with Crippen LogP contribution in [0.5, 0.6) is 5.75 Å². The van der Waals surface area contributed by atoms with Crippen LogP contribution in [0.2, 0.25) is 0 Å². The molecule has 0 bridgehead atoms. The zero-order valence-electron chi connectivity index (χ0n) is 22.6. The maximum Gasteiger partial charge on any atom is 0.311 e. The molecule has 3 unspecified atom stereocenters. The lowest BCUT2D eigenvalue weighted by Crippen LogP contribution is -2.35. The van der Waals surface area contributed by atoms with E-state index in [1.54, 1.807) is 7.11 Å². The first-order valence-corrected chi connectivity index (χ1v) is 12.9. The van der Waals surface area contributed by atoms with Crippen LogP contribution in [0.3, 0.4) is 0 Å². The van der Waals surface area contributed by atoms with Crippen LogP contribution in [0.25, 0.3) is 0 Å². The number of ether oxygens (including phenoxy) is 3. The van der Waals surface area contributed by atoms with Crippen molar-refractivity contribution in [3.63, 3.8) is 0 Å². The van der Waals surface area contributed by atoms with Crippen molar-refractivity contribution in [2.75, 3.05) is 20.8 Å². The van der Waals surface area contributed by atoms with Crippen LogP contribution in [0.4, 0.5) is 4.39 Å². The predicted molar refractivity (Wildman–Crippen MR) is 143 cm³/mol. The predicted octanol–water partition coefficient (Wildman–Crippen LogP) is 6.98. The molecule has 0 aliphatic rings. The second-order valence-corrected chi connectivity index (χ2v) is 10.7. The molecule has 0 saturated heterocycles. The molecule has 5 nitrogen and oxygen atoms in total. The van der Waals surface area contributed by atoms with Gasteiger partial charge in [-0.15, -0.1) is 11.3 Å². The van der Waals surface area contributed by atoms with Crippen LogP contribution < -0.4 is 4.74 Å². The Morgan fingerprint density at radius 2 is 1.83 bits per heavy atom. The van der Waals surface area contributed by atoms with Crippen LogP contribution in [-0.4, -0.2) is 31.9 Å². The molecule has 7 heteroatoms. The number of hydrogen-bond donors (Lipinski definition) is 1. The van der Waals surface area contributed by atoms with Gasteiger partial charge in [0.05, 0.1) is 43.8 Å². The highest BCUT2D eigenvalue weighted by Crippen LogP contribution is 2.47. The number of carbonyl (C=O) groups is 1. The van der Waals surface area contributed by atoms with Gasteiger partial charge in [0, 0.05) is 10.8 Å². The number of rotatable bonds is 12. The molecule has 1 N–H and O–H groups in total. The molecule has 0 fully saturated rings. The van der Waals surface area contributed by atoms with E-state index in [-0.39, 0.29) is 22.7 Å². The number of hydrogen-bond acceptors (Lipinski definition) is 6. The number of aliphatic hydroxyl groups is 1. The molecule has 0 radical (unpaired) electrons. The van der Waals surface area contributed by atoms with E-state index in [1.807, 2.05) is 65.0 Å². The van der Waals surface area contributed by atoms with Gasteiger partial charge in [0.15, 0.2) is 0 Å². The minimum absolute atomic E-state index is 0.159. The molecule has 0 aliphatic heterocycles. The first-order valence-electron chi connectivity index (χ1n) is 12.1. The van der Waals surface area contributed by atoms with Crippen molar-refractivity contribution in [2.45, 2.75) is 60.2 Å². The Labute approximate surface area is 218 Å². The molecule has 2 rings (SSSR count). The fourth-order valence-corrected chi connectivity index (χ4v) is 5.77. The Bertz CT molecular complexity index is 1070. The van der Waals surface area contributed by atoms with Crippen molar-refractivity contribution < 1.29 is 28.5 Å². The maximum absolute atomic E-state index is 14.7. The minimum atomic E-state index is -0.934. The standard InChI is InChI=1S/C29H39FO5S/c1-9-18(2)22(17-35-16-21-10-12-23(33-7)13-11-21)14-19(3)26(29(5,6)28(32)34-8)25-15-24(30)27(36-25)20(4)31/h9-15,19-20,26,31H,16-17H2,1-8H3/b18-9-,22-14-. The van der Waals surface area contributed by atoms with E-state index in [1.165, 1.54) is 31.4 Å². The van der Waals surface area contributed by atoms with Gasteiger partial charge in [0.1, 0.15) is 11.6 Å². The van der Waals surface area contributed by atoms with Crippen LogP contribution in [0, 0.1) is 17.2 Å². The quantitative estimate of drug-likeness (QED) is 0.243. The lowest BCUT2D eigenvalue weighted by Gasteiger charge is -2.35. The Morgan fingerprint density at radius 3 is 2.33 bits per heavy atom. The monoisotopic (exact) mass is 518 g/mol. The number of esters is 1. The van der Waals surface area contributed by atoms with E-state index in [2.05, 4.69) is 6.08 Å². The fourth-order valence-electron chi connectivity index (χ4n) is 4.39. The summed E-state index contributed by atoms with van der Waals surface area (Å²) in [5.41, 5.74) is 2.16. The van der Waals surface area contributed by atoms with Crippen molar-refractivity contribution in [2.24, 2.45) is 11.3 Å². The first-order chi connectivity index (χ1) is 17.0. The van der Waals surface area contributed by atoms with Gasteiger partial charge in [0.2, 0.25) is 0 Å². The molecule has 198 valence electrons. The average molecular weight is 519 g/mol. The zero-order chi connectivity index (χ0) is 27.0. The molecule has 0 spiro atoms. The van der Waals surface area contributed by atoms with Crippen molar-refractivity contribution >= 4 is 17.3 Å². The van der Waals surface area contributed by atoms with E-state index < -0.39 is 17.3 Å². The van der Waals surface area contributed by atoms with Gasteiger partial charge in [-0.1, -0.05) is 36.8 Å². The average Bonchev–Trinajstić information content (AvgIpc) is 3.23. The van der Waals surface area contributed by atoms with Crippen LogP contribution in [0.1, 0.15) is 68.9 Å². The molecule has 3 atom stereocenters. The van der Waals surface area contributed by atoms with Crippen LogP contribution >= 0.6 is 11.3 Å². The third-order valence-electron chi connectivity index (χ3n) is 6.52. The normalized spacial score (nSPS) is 15.4. The van der Waals surface area contributed by atoms with Gasteiger partial charge in [0.25, 0.3) is 0 Å². The van der Waals surface area contributed by atoms with Gasteiger partial charge >= 0.3 is 5.97 Å². The van der Waals surface area contributed by atoms with Crippen molar-refractivity contribution in [3.05, 3.63) is 74.8 Å². The van der Waals surface area contributed by atoms with Crippen molar-refractivity contribution in [1.82, 2.24) is 0 Å². The van der Waals surface area contributed by atoms with Gasteiger partial charge in [-0.2, -0.15) is 0 Å². The molecule has 36 heavy (non-hydrogen) atoms. The molecule has 0 saturated carbocycles. The second-order valence-electron chi connectivity index (χ2n) is 9.59. The summed E-state index contributed by atoms with van der Waals surface area (Å²) in [6.45, 7) is 12.0. The summed E-state index contributed by atoms with van der Waals surface area (Å²) >= 11 is 1.20. The smallest absolute Gasteiger partial charge is 0.311 e. The summed E-state index contributed by atoms with van der Waals surface area (Å²) in [6.07, 6.45) is 3.19. The Morgan fingerprint density at radius 1 is 1.19 bits per heavy atom. The summed E-state index contributed by atoms with van der Waals surface area (Å²) in [5, 5.41) is 10.0. The third kappa shape index (κ3) is 7.28. The van der Waals surface area contributed by atoms with Crippen molar-refractivity contribution in [1.29, 1.82) is 0 Å². The zero-order valence-corrected chi connectivity index (χ0v) is 23.4. The van der Waals surface area contributed by atoms with Gasteiger partial charge < -0.3 is 19.3 Å². The van der Waals surface area contributed by atoms with E-state index in [4.69, 9.17) is 14.2 Å². The van der Waals surface area contributed by atoms with Crippen LogP contribution in [-0.2, 0) is 20.9 Å². The number of carbonyl (C=O) groups excluding carboxylic acids is 1. The number of benzene rings is 1. The van der Waals surface area contributed by atoms with E-state index in [9.17, 15) is 14.3 Å². The number of methoxy groups -OCH3 is 2. The molecule has 1 heterocycles. The maximum atomic E-state index is 14.7. The highest BCUT2D eigenvalue weighted by atomic mass is 32.1. The topological polar surface area (TPSA) is 65.0 Å². The number of thiophene rings is 1. The highest BCUT2D eigenvalue weighted by Gasteiger charge is 2.42. The lowest BCUT2D eigenvalue weighted by atomic mass is 9.71. The number of halogens is 1. The molecule has 1 aromatic carbocycles. The van der Waals surface area contributed by atoms with Crippen LogP contribution in [0.15, 0.2) is 53.6 Å². The van der Waals surface area contributed by atoms with E-state index in [0.717, 1.165) is 22.5 Å². The van der Waals surface area contributed by atoms with Gasteiger partial charge in [-0.3, -0.25) is 4.79 Å². The SMILES string of the molecule is C/C=C(C)\C(=C/C(C)C(c1cc(F)c(C(C)O)s1)C(C)(C)C(=O)OC)COCc1ccc(OC)cc1. The summed E-state index contributed by atoms with van der Waals surface area (Å²) in [6, 6.07) is 9.17. The molecular weight excluding hydrogens is 479 g/mol. The third-order valence-corrected chi connectivity index (χ3v) is 7.89. The molecule has 1 aromatic heterocycles. The summed E-state index contributed by atoms with van der Waals surface area (Å²) < 4.78 is 31.0. The molecule has 0 aliphatic carbocycles. The number of aliphatic hydroxyl groups excluding tert-OH is 1. The van der Waals surface area contributed by atoms with E-state index in [0.29, 0.717) is 18.1 Å². The lowest BCUT2D eigenvalue weighted by molar-refractivity contribution is -0.152. The summed E-state index contributed by atoms with van der Waals surface area (Å²) in [5.74, 6) is -0.577. The second kappa shape index (κ2) is 13.2. The molecular formula is C29H39FO5S. The highest BCUT2D eigenvalue weighted by molar-refractivity contribution is 7.12. The summed E-state index contributed by atoms with van der Waals surface area (Å²) in [4.78, 5) is 13.8. The van der Waals surface area contributed by atoms with E-state index >= 15 is 0 Å². The molecule has 0 amide bonds. The largest absolute Gasteiger partial charge is 0.497 e. The first kappa shape index (κ1) is 29.7. The summed E-state index contributed by atoms with van der Waals surface area (Å²) in [7, 11) is 2.99. The van der Waals surface area contributed by atoms with Gasteiger partial charge in [-0.05, 0) is 69.9 Å². The Kier molecular flexibility index (Phi) is 10.9. The Balaban J connectivity index is 2.38. The minimum Gasteiger partial charge on any atom is -0.497 e. The molecule has 2 aromatic rings. The Hall–Kier alpha value is -2.48. The van der Waals surface area contributed by atoms with Crippen molar-refractivity contribution in [3.8, 4) is 5.75 Å². The number of allylic oxidation sites excluding steroid dienone is 2. The fraction of sp³-hybridized carbons (Fsp3) is 0.483. The van der Waals surface area contributed by atoms with Gasteiger partial charge in [-0.25, -0.2) is 4.39 Å².